The predicted octanol–water partition coefficient (Wildman–Crippen LogP) is 1.05. The molecule has 1 heterocycles. The number of nitrogens with two attached hydrogens (primary N) is 1. The highest BCUT2D eigenvalue weighted by Crippen LogP contribution is 2.23. The van der Waals surface area contributed by atoms with Crippen molar-refractivity contribution in [2.24, 2.45) is 5.84 Å². The van der Waals surface area contributed by atoms with Gasteiger partial charge < -0.3 is 4.74 Å². The Balaban J connectivity index is 2.24. The second-order valence-corrected chi connectivity index (χ2v) is 2.91. The molecule has 13 heavy (non-hydrogen) atoms. The van der Waals surface area contributed by atoms with Crippen LogP contribution >= 0.6 is 0 Å². The number of amides is 1. The largest absolute Gasteiger partial charge is 0.446 e. The number of cyclic esters (lactones) is 1. The maximum absolute atomic E-state index is 10.9. The number of benzene rings is 1. The molecule has 0 aliphatic carbocycles. The Hall–Kier alpha value is -1.55. The molecule has 0 bridgehead atoms. The molecule has 68 valence electrons. The van der Waals surface area contributed by atoms with Crippen molar-refractivity contribution in [2.75, 3.05) is 6.61 Å². The molecule has 0 radical (unpaired) electrons. The molecule has 0 aromatic heterocycles. The van der Waals surface area contributed by atoms with Crippen molar-refractivity contribution in [3.05, 3.63) is 35.9 Å². The first-order valence-electron chi connectivity index (χ1n) is 4.04. The van der Waals surface area contributed by atoms with Gasteiger partial charge in [0, 0.05) is 0 Å². The molecule has 1 atom stereocenters. The molecule has 2 N–H and O–H groups in total. The Kier molecular flexibility index (Phi) is 1.90. The van der Waals surface area contributed by atoms with Crippen molar-refractivity contribution < 1.29 is 9.53 Å². The summed E-state index contributed by atoms with van der Waals surface area (Å²) in [5, 5.41) is 1.12. The van der Waals surface area contributed by atoms with E-state index in [4.69, 9.17) is 10.6 Å². The fourth-order valence-electron chi connectivity index (χ4n) is 1.36. The number of nitrogens with zero attached hydrogens (tertiary/aromatic N) is 1. The first-order valence-corrected chi connectivity index (χ1v) is 4.04. The van der Waals surface area contributed by atoms with E-state index < -0.39 is 6.09 Å². The van der Waals surface area contributed by atoms with Crippen LogP contribution < -0.4 is 5.84 Å². The number of carbonyl (C=O) groups is 1. The van der Waals surface area contributed by atoms with Crippen molar-refractivity contribution in [1.29, 1.82) is 0 Å². The number of ether oxygens (including phenoxy) is 1. The zero-order chi connectivity index (χ0) is 9.26. The third-order valence-corrected chi connectivity index (χ3v) is 2.10. The van der Waals surface area contributed by atoms with E-state index in [9.17, 15) is 4.79 Å². The average Bonchev–Trinajstić information content (AvgIpc) is 2.49. The highest BCUT2D eigenvalue weighted by molar-refractivity contribution is 5.69. The van der Waals surface area contributed by atoms with Gasteiger partial charge in [0.1, 0.15) is 12.6 Å². The Labute approximate surface area is 75.9 Å². The van der Waals surface area contributed by atoms with Crippen molar-refractivity contribution in [3.63, 3.8) is 0 Å². The number of hydrogen-bond donors (Lipinski definition) is 1. The minimum Gasteiger partial charge on any atom is -0.446 e. The molecule has 0 unspecified atom stereocenters. The van der Waals surface area contributed by atoms with Crippen LogP contribution in [0, 0.1) is 0 Å². The molecule has 4 nitrogen and oxygen atoms in total. The van der Waals surface area contributed by atoms with E-state index >= 15 is 0 Å². The van der Waals surface area contributed by atoms with E-state index in [0.29, 0.717) is 6.61 Å². The second-order valence-electron chi connectivity index (χ2n) is 2.91. The summed E-state index contributed by atoms with van der Waals surface area (Å²) in [5.41, 5.74) is 0.996. The highest BCUT2D eigenvalue weighted by atomic mass is 16.6. The van der Waals surface area contributed by atoms with E-state index in [1.54, 1.807) is 0 Å². The molecule has 1 saturated heterocycles. The molecule has 0 spiro atoms. The van der Waals surface area contributed by atoms with Crippen molar-refractivity contribution in [1.82, 2.24) is 5.01 Å². The quantitative estimate of drug-likeness (QED) is 0.516. The van der Waals surface area contributed by atoms with Crippen LogP contribution in [0.15, 0.2) is 30.3 Å². The van der Waals surface area contributed by atoms with Gasteiger partial charge in [-0.25, -0.2) is 15.6 Å². The lowest BCUT2D eigenvalue weighted by Crippen LogP contribution is -2.34. The Morgan fingerprint density at radius 2 is 2.08 bits per heavy atom. The van der Waals surface area contributed by atoms with Gasteiger partial charge in [0.25, 0.3) is 0 Å². The highest BCUT2D eigenvalue weighted by Gasteiger charge is 2.31. The van der Waals surface area contributed by atoms with Crippen LogP contribution in [0.25, 0.3) is 0 Å². The summed E-state index contributed by atoms with van der Waals surface area (Å²) < 4.78 is 4.79. The molecule has 1 aliphatic rings. The summed E-state index contributed by atoms with van der Waals surface area (Å²) in [6, 6.07) is 9.44. The van der Waals surface area contributed by atoms with Gasteiger partial charge in [-0.15, -0.1) is 0 Å². The summed E-state index contributed by atoms with van der Waals surface area (Å²) in [6.07, 6.45) is -0.464. The smallest absolute Gasteiger partial charge is 0.424 e. The predicted molar refractivity (Wildman–Crippen MR) is 46.6 cm³/mol. The Morgan fingerprint density at radius 3 is 2.62 bits per heavy atom. The van der Waals surface area contributed by atoms with Gasteiger partial charge >= 0.3 is 6.09 Å². The van der Waals surface area contributed by atoms with Gasteiger partial charge in [0.15, 0.2) is 0 Å². The minimum atomic E-state index is -0.464. The molecule has 1 fully saturated rings. The maximum atomic E-state index is 10.9. The molecule has 1 aromatic carbocycles. The summed E-state index contributed by atoms with van der Waals surface area (Å²) >= 11 is 0. The molecule has 4 heteroatoms. The van der Waals surface area contributed by atoms with Crippen LogP contribution in [0.4, 0.5) is 4.79 Å². The first kappa shape index (κ1) is 8.07. The monoisotopic (exact) mass is 178 g/mol. The van der Waals surface area contributed by atoms with E-state index in [1.165, 1.54) is 0 Å². The molecule has 1 aliphatic heterocycles. The summed E-state index contributed by atoms with van der Waals surface area (Å²) in [6.45, 7) is 0.333. The normalized spacial score (nSPS) is 21.8. The molecular formula is C9H10N2O2. The molecule has 2 rings (SSSR count). The van der Waals surface area contributed by atoms with Crippen LogP contribution in [0.2, 0.25) is 0 Å². The molecule has 1 amide bonds. The van der Waals surface area contributed by atoms with E-state index in [2.05, 4.69) is 0 Å². The lowest BCUT2D eigenvalue weighted by molar-refractivity contribution is 0.158. The number of rotatable bonds is 1. The van der Waals surface area contributed by atoms with Crippen LogP contribution in [-0.4, -0.2) is 17.7 Å². The van der Waals surface area contributed by atoms with Gasteiger partial charge in [-0.05, 0) is 5.56 Å². The first-order chi connectivity index (χ1) is 6.29. The summed E-state index contributed by atoms with van der Waals surface area (Å²) in [5.74, 6) is 5.51. The minimum absolute atomic E-state index is 0.145. The SMILES string of the molecule is NN1C(=O)OC[C@H]1c1ccccc1. The van der Waals surface area contributed by atoms with E-state index in [1.807, 2.05) is 30.3 Å². The van der Waals surface area contributed by atoms with Crippen LogP contribution in [-0.2, 0) is 4.74 Å². The number of hydrazine groups is 1. The summed E-state index contributed by atoms with van der Waals surface area (Å²) in [4.78, 5) is 10.9. The topological polar surface area (TPSA) is 55.6 Å². The fourth-order valence-corrected chi connectivity index (χ4v) is 1.36. The van der Waals surface area contributed by atoms with Gasteiger partial charge in [-0.2, -0.15) is 0 Å². The van der Waals surface area contributed by atoms with Crippen LogP contribution in [0.5, 0.6) is 0 Å². The Bertz CT molecular complexity index is 313. The lowest BCUT2D eigenvalue weighted by Gasteiger charge is -2.14. The van der Waals surface area contributed by atoms with Gasteiger partial charge in [0.05, 0.1) is 0 Å². The number of hydrogen-bond acceptors (Lipinski definition) is 3. The lowest BCUT2D eigenvalue weighted by atomic mass is 10.1. The second kappa shape index (κ2) is 3.06. The third-order valence-electron chi connectivity index (χ3n) is 2.10. The zero-order valence-corrected chi connectivity index (χ0v) is 7.01. The van der Waals surface area contributed by atoms with Gasteiger partial charge in [0.2, 0.25) is 0 Å². The van der Waals surface area contributed by atoms with Gasteiger partial charge in [-0.3, -0.25) is 0 Å². The summed E-state index contributed by atoms with van der Waals surface area (Å²) in [7, 11) is 0. The fraction of sp³-hybridized carbons (Fsp3) is 0.222. The third kappa shape index (κ3) is 1.36. The molecule has 1 aromatic rings. The van der Waals surface area contributed by atoms with Crippen molar-refractivity contribution in [3.8, 4) is 0 Å². The van der Waals surface area contributed by atoms with Crippen molar-refractivity contribution >= 4 is 6.09 Å². The molecular weight excluding hydrogens is 168 g/mol. The van der Waals surface area contributed by atoms with Gasteiger partial charge in [-0.1, -0.05) is 30.3 Å². The maximum Gasteiger partial charge on any atom is 0.424 e. The number of carbonyl (C=O) groups excluding carboxylic acids is 1. The molecule has 0 saturated carbocycles. The van der Waals surface area contributed by atoms with Crippen molar-refractivity contribution in [2.45, 2.75) is 6.04 Å². The van der Waals surface area contributed by atoms with E-state index in [-0.39, 0.29) is 6.04 Å². The average molecular weight is 178 g/mol. The standard InChI is InChI=1S/C9H10N2O2/c10-11-8(6-13-9(11)12)7-4-2-1-3-5-7/h1-5,8H,6,10H2/t8-/m0/s1. The Morgan fingerprint density at radius 1 is 1.38 bits per heavy atom. The van der Waals surface area contributed by atoms with Crippen LogP contribution in [0.3, 0.4) is 0 Å². The van der Waals surface area contributed by atoms with Crippen LogP contribution in [0.1, 0.15) is 11.6 Å². The van der Waals surface area contributed by atoms with E-state index in [0.717, 1.165) is 10.6 Å². The zero-order valence-electron chi connectivity index (χ0n) is 7.01.